The highest BCUT2D eigenvalue weighted by atomic mass is 15.1. The molecule has 0 spiro atoms. The van der Waals surface area contributed by atoms with Crippen LogP contribution in [0.25, 0.3) is 0 Å². The molecule has 1 fully saturated rings. The normalized spacial score (nSPS) is 27.6. The Balaban J connectivity index is 3.03. The molecule has 3 heteroatoms. The first kappa shape index (κ1) is 11.2. The molecule has 0 unspecified atom stereocenters. The van der Waals surface area contributed by atoms with E-state index in [4.69, 9.17) is 0 Å². The van der Waals surface area contributed by atoms with Crippen LogP contribution in [0.2, 0.25) is 0 Å². The van der Waals surface area contributed by atoms with Crippen LogP contribution in [0.15, 0.2) is 4.99 Å². The van der Waals surface area contributed by atoms with Crippen LogP contribution >= 0.6 is 0 Å². The number of nitrogens with zero attached hydrogens (tertiary/aromatic N) is 2. The second-order valence-electron chi connectivity index (χ2n) is 5.55. The molecule has 0 atom stereocenters. The monoisotopic (exact) mass is 193 g/mol. The van der Waals surface area contributed by atoms with Crippen LogP contribution in [0.1, 0.15) is 40.5 Å². The number of piperidine rings is 1. The summed E-state index contributed by atoms with van der Waals surface area (Å²) in [4.78, 5) is 4.04. The lowest BCUT2D eigenvalue weighted by molar-refractivity contribution is 0.135. The first-order valence-corrected chi connectivity index (χ1v) is 4.93. The van der Waals surface area contributed by atoms with Crippen molar-refractivity contribution in [2.45, 2.75) is 57.2 Å². The lowest BCUT2D eigenvalue weighted by Gasteiger charge is -2.48. The molecule has 0 radical (unpaired) electrons. The quantitative estimate of drug-likeness (QED) is 0.646. The lowest BCUT2D eigenvalue weighted by atomic mass is 9.72. The highest BCUT2D eigenvalue weighted by molar-refractivity contribution is 5.31. The fourth-order valence-electron chi connectivity index (χ4n) is 2.76. The number of hydrogen-bond donors (Lipinski definition) is 1. The largest absolute Gasteiger partial charge is 0.307 e. The Labute approximate surface area is 86.2 Å². The Bertz CT molecular complexity index is 267. The molecule has 1 saturated heterocycles. The molecule has 1 heterocycles. The lowest BCUT2D eigenvalue weighted by Crippen LogP contribution is -2.62. The van der Waals surface area contributed by atoms with Crippen molar-refractivity contribution < 1.29 is 0 Å². The van der Waals surface area contributed by atoms with Crippen molar-refractivity contribution in [3.05, 3.63) is 0 Å². The molecule has 0 aromatic rings. The van der Waals surface area contributed by atoms with Gasteiger partial charge in [-0.1, -0.05) is 0 Å². The summed E-state index contributed by atoms with van der Waals surface area (Å²) in [5.74, 6) is 0. The van der Waals surface area contributed by atoms with Crippen LogP contribution in [0.3, 0.4) is 0 Å². The molecule has 3 nitrogen and oxygen atoms in total. The Morgan fingerprint density at radius 1 is 1.21 bits per heavy atom. The second kappa shape index (κ2) is 3.06. The van der Waals surface area contributed by atoms with E-state index >= 15 is 0 Å². The number of nitrogens with one attached hydrogen (secondary N) is 1. The molecule has 1 aliphatic rings. The molecular weight excluding hydrogens is 174 g/mol. The summed E-state index contributed by atoms with van der Waals surface area (Å²) in [5, 5.41) is 12.7. The molecule has 1 N–H and O–H groups in total. The molecule has 0 aromatic heterocycles. The number of aliphatic imine (C=N–C) groups is 1. The number of rotatable bonds is 1. The van der Waals surface area contributed by atoms with Crippen molar-refractivity contribution in [1.29, 1.82) is 5.26 Å². The Kier molecular flexibility index (Phi) is 2.45. The minimum Gasteiger partial charge on any atom is -0.307 e. The first-order valence-electron chi connectivity index (χ1n) is 4.93. The minimum atomic E-state index is -0.613. The summed E-state index contributed by atoms with van der Waals surface area (Å²) in [5.41, 5.74) is -0.727. The van der Waals surface area contributed by atoms with Crippen LogP contribution in [-0.4, -0.2) is 23.3 Å². The van der Waals surface area contributed by atoms with E-state index < -0.39 is 5.54 Å². The maximum Gasteiger partial charge on any atom is 0.149 e. The summed E-state index contributed by atoms with van der Waals surface area (Å²) in [7, 11) is 0. The van der Waals surface area contributed by atoms with Gasteiger partial charge in [-0.2, -0.15) is 5.26 Å². The van der Waals surface area contributed by atoms with Crippen LogP contribution in [-0.2, 0) is 0 Å². The van der Waals surface area contributed by atoms with Gasteiger partial charge >= 0.3 is 0 Å². The van der Waals surface area contributed by atoms with Crippen molar-refractivity contribution in [2.24, 2.45) is 4.99 Å². The van der Waals surface area contributed by atoms with Gasteiger partial charge in [-0.05, 0) is 34.4 Å². The van der Waals surface area contributed by atoms with Gasteiger partial charge in [0.2, 0.25) is 0 Å². The maximum absolute atomic E-state index is 9.19. The Morgan fingerprint density at radius 2 is 1.64 bits per heavy atom. The Morgan fingerprint density at radius 3 is 1.93 bits per heavy atom. The summed E-state index contributed by atoms with van der Waals surface area (Å²) < 4.78 is 0. The van der Waals surface area contributed by atoms with Gasteiger partial charge in [0.15, 0.2) is 0 Å². The van der Waals surface area contributed by atoms with Crippen molar-refractivity contribution >= 4 is 6.72 Å². The van der Waals surface area contributed by atoms with E-state index in [2.05, 4.69) is 50.8 Å². The molecule has 0 saturated carbocycles. The average Bonchev–Trinajstić information content (AvgIpc) is 1.98. The predicted molar refractivity (Wildman–Crippen MR) is 58.4 cm³/mol. The first-order chi connectivity index (χ1) is 6.24. The summed E-state index contributed by atoms with van der Waals surface area (Å²) >= 11 is 0. The number of hydrogen-bond acceptors (Lipinski definition) is 3. The third-order valence-corrected chi connectivity index (χ3v) is 2.66. The summed E-state index contributed by atoms with van der Waals surface area (Å²) in [6.07, 6.45) is 1.45. The van der Waals surface area contributed by atoms with Gasteiger partial charge in [0.05, 0.1) is 6.07 Å². The minimum absolute atomic E-state index is 0.0569. The summed E-state index contributed by atoms with van der Waals surface area (Å²) in [6.45, 7) is 12.0. The molecule has 0 amide bonds. The van der Waals surface area contributed by atoms with Crippen LogP contribution in [0.4, 0.5) is 0 Å². The van der Waals surface area contributed by atoms with Gasteiger partial charge in [0, 0.05) is 23.9 Å². The van der Waals surface area contributed by atoms with Gasteiger partial charge in [0.1, 0.15) is 5.54 Å². The van der Waals surface area contributed by atoms with Crippen molar-refractivity contribution in [3.63, 3.8) is 0 Å². The fraction of sp³-hybridized carbons (Fsp3) is 0.818. The zero-order chi connectivity index (χ0) is 11.0. The van der Waals surface area contributed by atoms with E-state index in [-0.39, 0.29) is 11.1 Å². The topological polar surface area (TPSA) is 48.2 Å². The smallest absolute Gasteiger partial charge is 0.149 e. The van der Waals surface area contributed by atoms with Gasteiger partial charge in [-0.3, -0.25) is 4.99 Å². The molecule has 1 rings (SSSR count). The van der Waals surface area contributed by atoms with E-state index in [0.717, 1.165) is 12.8 Å². The van der Waals surface area contributed by atoms with Gasteiger partial charge in [-0.25, -0.2) is 0 Å². The highest BCUT2D eigenvalue weighted by Gasteiger charge is 2.46. The SMILES string of the molecule is C=NC1(C#N)CC(C)(C)NC(C)(C)C1. The molecule has 14 heavy (non-hydrogen) atoms. The van der Waals surface area contributed by atoms with Gasteiger partial charge in [-0.15, -0.1) is 0 Å². The van der Waals surface area contributed by atoms with Crippen molar-refractivity contribution in [1.82, 2.24) is 5.32 Å². The molecule has 0 aliphatic carbocycles. The van der Waals surface area contributed by atoms with Crippen LogP contribution in [0, 0.1) is 11.3 Å². The van der Waals surface area contributed by atoms with Gasteiger partial charge < -0.3 is 5.32 Å². The van der Waals surface area contributed by atoms with E-state index in [1.54, 1.807) is 0 Å². The zero-order valence-electron chi connectivity index (χ0n) is 9.52. The van der Waals surface area contributed by atoms with Crippen LogP contribution in [0.5, 0.6) is 0 Å². The highest BCUT2D eigenvalue weighted by Crippen LogP contribution is 2.37. The molecule has 78 valence electrons. The van der Waals surface area contributed by atoms with E-state index in [0.29, 0.717) is 0 Å². The predicted octanol–water partition coefficient (Wildman–Crippen LogP) is 1.89. The molecule has 0 aromatic carbocycles. The molecule has 0 bridgehead atoms. The maximum atomic E-state index is 9.19. The molecule has 1 aliphatic heterocycles. The van der Waals surface area contributed by atoms with Crippen molar-refractivity contribution in [2.75, 3.05) is 0 Å². The third kappa shape index (κ3) is 2.13. The van der Waals surface area contributed by atoms with E-state index in [9.17, 15) is 5.26 Å². The van der Waals surface area contributed by atoms with Crippen molar-refractivity contribution in [3.8, 4) is 6.07 Å². The van der Waals surface area contributed by atoms with E-state index in [1.807, 2.05) is 0 Å². The number of nitriles is 1. The average molecular weight is 193 g/mol. The van der Waals surface area contributed by atoms with Gasteiger partial charge in [0.25, 0.3) is 0 Å². The molecular formula is C11H19N3. The zero-order valence-corrected chi connectivity index (χ0v) is 9.52. The van der Waals surface area contributed by atoms with Crippen LogP contribution < -0.4 is 5.32 Å². The Hall–Kier alpha value is -0.880. The summed E-state index contributed by atoms with van der Waals surface area (Å²) in [6, 6.07) is 2.31. The third-order valence-electron chi connectivity index (χ3n) is 2.66. The fourth-order valence-corrected chi connectivity index (χ4v) is 2.76. The second-order valence-corrected chi connectivity index (χ2v) is 5.55. The standard InChI is InChI=1S/C11H19N3/c1-9(2)6-11(8-12,13-5)7-10(3,4)14-9/h14H,5-7H2,1-4H3. The van der Waals surface area contributed by atoms with E-state index in [1.165, 1.54) is 0 Å².